The largest absolute Gasteiger partial charge is 0.370 e. The van der Waals surface area contributed by atoms with Gasteiger partial charge in [0.2, 0.25) is 0 Å². The Morgan fingerprint density at radius 1 is 1.38 bits per heavy atom. The number of nitrogens with zero attached hydrogens (tertiary/aromatic N) is 1. The molecule has 0 unspecified atom stereocenters. The number of benzene rings is 1. The standard InChI is InChI=1S/C14H22N2/c1-3-15-8-10-16-9-4-5-13-11-12(2)6-7-14(13)16/h6-7,11,15H,3-5,8-10H2,1-2H3. The first-order valence-electron chi connectivity index (χ1n) is 6.36. The summed E-state index contributed by atoms with van der Waals surface area (Å²) >= 11 is 0. The molecule has 1 aromatic rings. The Morgan fingerprint density at radius 3 is 3.06 bits per heavy atom. The summed E-state index contributed by atoms with van der Waals surface area (Å²) in [6.45, 7) is 8.83. The summed E-state index contributed by atoms with van der Waals surface area (Å²) in [6.07, 6.45) is 2.54. The lowest BCUT2D eigenvalue weighted by Crippen LogP contribution is -2.35. The first-order chi connectivity index (χ1) is 7.81. The topological polar surface area (TPSA) is 15.3 Å². The third kappa shape index (κ3) is 2.56. The van der Waals surface area contributed by atoms with Crippen LogP contribution in [-0.2, 0) is 6.42 Å². The van der Waals surface area contributed by atoms with Crippen LogP contribution in [0.2, 0.25) is 0 Å². The smallest absolute Gasteiger partial charge is 0.0399 e. The van der Waals surface area contributed by atoms with Gasteiger partial charge in [-0.2, -0.15) is 0 Å². The van der Waals surface area contributed by atoms with Crippen molar-refractivity contribution in [2.24, 2.45) is 0 Å². The maximum absolute atomic E-state index is 3.40. The molecule has 88 valence electrons. The van der Waals surface area contributed by atoms with E-state index in [0.29, 0.717) is 0 Å². The lowest BCUT2D eigenvalue weighted by Gasteiger charge is -2.31. The van der Waals surface area contributed by atoms with Crippen LogP contribution in [-0.4, -0.2) is 26.2 Å². The van der Waals surface area contributed by atoms with Gasteiger partial charge in [-0.3, -0.25) is 0 Å². The van der Waals surface area contributed by atoms with Crippen LogP contribution in [0.4, 0.5) is 5.69 Å². The summed E-state index contributed by atoms with van der Waals surface area (Å²) < 4.78 is 0. The van der Waals surface area contributed by atoms with Gasteiger partial charge < -0.3 is 10.2 Å². The van der Waals surface area contributed by atoms with Gasteiger partial charge in [-0.25, -0.2) is 0 Å². The second kappa shape index (κ2) is 5.35. The molecule has 1 N–H and O–H groups in total. The van der Waals surface area contributed by atoms with Gasteiger partial charge in [0.25, 0.3) is 0 Å². The van der Waals surface area contributed by atoms with Crippen LogP contribution >= 0.6 is 0 Å². The van der Waals surface area contributed by atoms with E-state index in [1.807, 2.05) is 0 Å². The number of rotatable bonds is 4. The lowest BCUT2D eigenvalue weighted by atomic mass is 10.00. The molecule has 0 bridgehead atoms. The Bertz CT molecular complexity index is 347. The Labute approximate surface area is 98.7 Å². The summed E-state index contributed by atoms with van der Waals surface area (Å²) in [5, 5.41) is 3.40. The summed E-state index contributed by atoms with van der Waals surface area (Å²) in [6, 6.07) is 6.86. The van der Waals surface area contributed by atoms with Gasteiger partial charge in [-0.15, -0.1) is 0 Å². The van der Waals surface area contributed by atoms with Gasteiger partial charge in [0.05, 0.1) is 0 Å². The summed E-state index contributed by atoms with van der Waals surface area (Å²) in [7, 11) is 0. The molecule has 0 radical (unpaired) electrons. The molecule has 0 saturated heterocycles. The fourth-order valence-corrected chi connectivity index (χ4v) is 2.43. The summed E-state index contributed by atoms with van der Waals surface area (Å²) in [5.41, 5.74) is 4.37. The van der Waals surface area contributed by atoms with Crippen LogP contribution in [0, 0.1) is 6.92 Å². The molecule has 2 heteroatoms. The third-order valence-corrected chi connectivity index (χ3v) is 3.26. The second-order valence-electron chi connectivity index (χ2n) is 4.58. The molecule has 1 aliphatic rings. The van der Waals surface area contributed by atoms with Crippen molar-refractivity contribution in [1.82, 2.24) is 5.32 Å². The van der Waals surface area contributed by atoms with Crippen LogP contribution in [0.5, 0.6) is 0 Å². The molecule has 0 atom stereocenters. The number of hydrogen-bond donors (Lipinski definition) is 1. The Hall–Kier alpha value is -1.02. The van der Waals surface area contributed by atoms with E-state index in [9.17, 15) is 0 Å². The number of hydrogen-bond acceptors (Lipinski definition) is 2. The number of nitrogens with one attached hydrogen (secondary N) is 1. The number of likely N-dealkylation sites (N-methyl/N-ethyl adjacent to an activating group) is 1. The summed E-state index contributed by atoms with van der Waals surface area (Å²) in [4.78, 5) is 2.51. The fraction of sp³-hybridized carbons (Fsp3) is 0.571. The molecule has 0 spiro atoms. The minimum absolute atomic E-state index is 1.06. The SMILES string of the molecule is CCNCCN1CCCc2cc(C)ccc21. The highest BCUT2D eigenvalue weighted by Crippen LogP contribution is 2.27. The average molecular weight is 218 g/mol. The molecule has 2 rings (SSSR count). The monoisotopic (exact) mass is 218 g/mol. The minimum Gasteiger partial charge on any atom is -0.370 e. The molecule has 16 heavy (non-hydrogen) atoms. The average Bonchev–Trinajstić information content (AvgIpc) is 2.29. The zero-order valence-electron chi connectivity index (χ0n) is 10.4. The van der Waals surface area contributed by atoms with Crippen molar-refractivity contribution in [2.75, 3.05) is 31.1 Å². The quantitative estimate of drug-likeness (QED) is 0.780. The number of aryl methyl sites for hydroxylation is 2. The number of anilines is 1. The highest BCUT2D eigenvalue weighted by molar-refractivity contribution is 5.56. The molecule has 1 heterocycles. The van der Waals surface area contributed by atoms with E-state index in [2.05, 4.69) is 42.3 Å². The summed E-state index contributed by atoms with van der Waals surface area (Å²) in [5.74, 6) is 0. The number of fused-ring (bicyclic) bond motifs is 1. The molecule has 1 aliphatic heterocycles. The van der Waals surface area contributed by atoms with Gasteiger partial charge >= 0.3 is 0 Å². The molecular weight excluding hydrogens is 196 g/mol. The zero-order chi connectivity index (χ0) is 11.4. The van der Waals surface area contributed by atoms with Gasteiger partial charge in [0, 0.05) is 25.3 Å². The normalized spacial score (nSPS) is 15.0. The van der Waals surface area contributed by atoms with E-state index >= 15 is 0 Å². The van der Waals surface area contributed by atoms with Gasteiger partial charge in [0.15, 0.2) is 0 Å². The van der Waals surface area contributed by atoms with E-state index in [0.717, 1.165) is 19.6 Å². The third-order valence-electron chi connectivity index (χ3n) is 3.26. The van der Waals surface area contributed by atoms with Crippen molar-refractivity contribution in [3.63, 3.8) is 0 Å². The first kappa shape index (κ1) is 11.5. The van der Waals surface area contributed by atoms with E-state index in [4.69, 9.17) is 0 Å². The van der Waals surface area contributed by atoms with Crippen molar-refractivity contribution in [3.8, 4) is 0 Å². The highest BCUT2D eigenvalue weighted by atomic mass is 15.1. The Kier molecular flexibility index (Phi) is 3.83. The molecule has 1 aromatic carbocycles. The van der Waals surface area contributed by atoms with Crippen molar-refractivity contribution < 1.29 is 0 Å². The molecule has 0 aliphatic carbocycles. The molecule has 0 fully saturated rings. The van der Waals surface area contributed by atoms with Crippen LogP contribution < -0.4 is 10.2 Å². The van der Waals surface area contributed by atoms with E-state index < -0.39 is 0 Å². The van der Waals surface area contributed by atoms with E-state index in [1.165, 1.54) is 36.2 Å². The van der Waals surface area contributed by atoms with Gasteiger partial charge in [0.1, 0.15) is 0 Å². The van der Waals surface area contributed by atoms with Crippen LogP contribution in [0.15, 0.2) is 18.2 Å². The molecule has 2 nitrogen and oxygen atoms in total. The van der Waals surface area contributed by atoms with Crippen LogP contribution in [0.25, 0.3) is 0 Å². The molecule has 0 saturated carbocycles. The van der Waals surface area contributed by atoms with Gasteiger partial charge in [-0.05, 0) is 37.9 Å². The van der Waals surface area contributed by atoms with Crippen molar-refractivity contribution in [1.29, 1.82) is 0 Å². The van der Waals surface area contributed by atoms with E-state index in [1.54, 1.807) is 0 Å². The predicted octanol–water partition coefficient (Wildman–Crippen LogP) is 2.36. The van der Waals surface area contributed by atoms with Crippen molar-refractivity contribution in [2.45, 2.75) is 26.7 Å². The van der Waals surface area contributed by atoms with Crippen molar-refractivity contribution in [3.05, 3.63) is 29.3 Å². The maximum Gasteiger partial charge on any atom is 0.0399 e. The Morgan fingerprint density at radius 2 is 2.25 bits per heavy atom. The predicted molar refractivity (Wildman–Crippen MR) is 70.3 cm³/mol. The van der Waals surface area contributed by atoms with E-state index in [-0.39, 0.29) is 0 Å². The molecule has 0 amide bonds. The minimum atomic E-state index is 1.06. The maximum atomic E-state index is 3.40. The Balaban J connectivity index is 2.07. The fourth-order valence-electron chi connectivity index (χ4n) is 2.43. The zero-order valence-corrected chi connectivity index (χ0v) is 10.4. The van der Waals surface area contributed by atoms with Crippen LogP contribution in [0.3, 0.4) is 0 Å². The highest BCUT2D eigenvalue weighted by Gasteiger charge is 2.15. The van der Waals surface area contributed by atoms with Crippen molar-refractivity contribution >= 4 is 5.69 Å². The molecule has 0 aromatic heterocycles. The second-order valence-corrected chi connectivity index (χ2v) is 4.58. The lowest BCUT2D eigenvalue weighted by molar-refractivity contribution is 0.643. The van der Waals surface area contributed by atoms with Gasteiger partial charge in [-0.1, -0.05) is 24.6 Å². The molecular formula is C14H22N2. The van der Waals surface area contributed by atoms with Crippen LogP contribution in [0.1, 0.15) is 24.5 Å². The first-order valence-corrected chi connectivity index (χ1v) is 6.36.